The number of carbonyl (C=O) groups is 2. The number of methoxy groups -OCH3 is 1. The molecule has 0 atom stereocenters. The molecule has 0 saturated carbocycles. The second kappa shape index (κ2) is 10.1. The molecule has 0 aliphatic carbocycles. The highest BCUT2D eigenvalue weighted by Gasteiger charge is 2.22. The van der Waals surface area contributed by atoms with Gasteiger partial charge in [0.25, 0.3) is 15.9 Å². The number of rotatable bonds is 8. The minimum atomic E-state index is -4.11. The molecule has 0 saturated heterocycles. The fourth-order valence-electron chi connectivity index (χ4n) is 3.01. The smallest absolute Gasteiger partial charge is 0.340 e. The molecule has 0 aliphatic heterocycles. The van der Waals surface area contributed by atoms with Crippen LogP contribution in [-0.4, -0.2) is 34.0 Å². The fourth-order valence-corrected chi connectivity index (χ4v) is 4.31. The molecular weight excluding hydrogens is 451 g/mol. The molecule has 3 aromatic rings. The number of para-hydroxylation sites is 3. The number of carbonyl (C=O) groups excluding carboxylic acids is 2. The van der Waals surface area contributed by atoms with Gasteiger partial charge in [0.1, 0.15) is 11.6 Å². The van der Waals surface area contributed by atoms with Gasteiger partial charge in [0.05, 0.1) is 28.9 Å². The molecule has 0 spiro atoms. The Bertz CT molecular complexity index is 1290. The van der Waals surface area contributed by atoms with Crippen LogP contribution in [0.3, 0.4) is 0 Å². The van der Waals surface area contributed by atoms with Crippen molar-refractivity contribution >= 4 is 33.3 Å². The van der Waals surface area contributed by atoms with E-state index in [1.54, 1.807) is 24.3 Å². The Balaban J connectivity index is 1.72. The lowest BCUT2D eigenvalue weighted by Gasteiger charge is -2.14. The van der Waals surface area contributed by atoms with Crippen molar-refractivity contribution in [3.05, 3.63) is 83.7 Å². The Kier molecular flexibility index (Phi) is 7.29. The molecule has 10 heteroatoms. The number of sulfonamides is 1. The van der Waals surface area contributed by atoms with Crippen molar-refractivity contribution in [3.63, 3.8) is 0 Å². The summed E-state index contributed by atoms with van der Waals surface area (Å²) < 4.78 is 51.4. The van der Waals surface area contributed by atoms with Gasteiger partial charge in [0.2, 0.25) is 0 Å². The Morgan fingerprint density at radius 2 is 1.64 bits per heavy atom. The highest BCUT2D eigenvalue weighted by molar-refractivity contribution is 7.92. The Hall–Kier alpha value is -3.92. The molecular formula is C23H21FN2O6S. The number of hydrogen-bond acceptors (Lipinski definition) is 6. The van der Waals surface area contributed by atoms with E-state index in [-0.39, 0.29) is 21.7 Å². The van der Waals surface area contributed by atoms with Gasteiger partial charge in [-0.3, -0.25) is 9.52 Å². The van der Waals surface area contributed by atoms with Crippen LogP contribution >= 0.6 is 0 Å². The first-order chi connectivity index (χ1) is 15.7. The summed E-state index contributed by atoms with van der Waals surface area (Å²) in [6.07, 6.45) is 0. The normalized spacial score (nSPS) is 10.9. The number of halogens is 1. The minimum absolute atomic E-state index is 0.0450. The Morgan fingerprint density at radius 1 is 0.970 bits per heavy atom. The van der Waals surface area contributed by atoms with E-state index in [9.17, 15) is 22.4 Å². The predicted molar refractivity (Wildman–Crippen MR) is 120 cm³/mol. The minimum Gasteiger partial charge on any atom is -0.495 e. The first-order valence-corrected chi connectivity index (χ1v) is 11.2. The van der Waals surface area contributed by atoms with E-state index in [2.05, 4.69) is 10.0 Å². The number of anilines is 2. The van der Waals surface area contributed by atoms with Crippen molar-refractivity contribution in [3.8, 4) is 5.75 Å². The summed E-state index contributed by atoms with van der Waals surface area (Å²) in [5, 5.41) is 2.57. The highest BCUT2D eigenvalue weighted by Crippen LogP contribution is 2.24. The third-order valence-electron chi connectivity index (χ3n) is 4.53. The molecule has 3 rings (SSSR count). The molecule has 3 aromatic carbocycles. The predicted octanol–water partition coefficient (Wildman–Crippen LogP) is 3.74. The lowest BCUT2D eigenvalue weighted by atomic mass is 10.2. The summed E-state index contributed by atoms with van der Waals surface area (Å²) in [4.78, 5) is 24.6. The fraction of sp³-hybridized carbons (Fsp3) is 0.130. The van der Waals surface area contributed by atoms with Gasteiger partial charge < -0.3 is 14.8 Å². The van der Waals surface area contributed by atoms with E-state index in [1.165, 1.54) is 38.3 Å². The van der Waals surface area contributed by atoms with Crippen molar-refractivity contribution in [1.29, 1.82) is 0 Å². The van der Waals surface area contributed by atoms with Gasteiger partial charge in [-0.25, -0.2) is 17.6 Å². The summed E-state index contributed by atoms with van der Waals surface area (Å²) in [6, 6.07) is 15.8. The SMILES string of the molecule is COc1ccccc1NC(=O)COC(=O)c1ccccc1NS(=O)(=O)c1ccc(F)cc1C. The van der Waals surface area contributed by atoms with E-state index in [1.807, 2.05) is 0 Å². The number of hydrogen-bond donors (Lipinski definition) is 2. The summed E-state index contributed by atoms with van der Waals surface area (Å²) in [6.45, 7) is 0.854. The van der Waals surface area contributed by atoms with Crippen LogP contribution in [0.5, 0.6) is 5.75 Å². The van der Waals surface area contributed by atoms with Crippen molar-refractivity contribution in [2.24, 2.45) is 0 Å². The highest BCUT2D eigenvalue weighted by atomic mass is 32.2. The van der Waals surface area contributed by atoms with E-state index in [4.69, 9.17) is 9.47 Å². The summed E-state index contributed by atoms with van der Waals surface area (Å²) >= 11 is 0. The number of ether oxygens (including phenoxy) is 2. The molecule has 0 unspecified atom stereocenters. The monoisotopic (exact) mass is 472 g/mol. The van der Waals surface area contributed by atoms with Crippen LogP contribution in [-0.2, 0) is 19.6 Å². The lowest BCUT2D eigenvalue weighted by molar-refractivity contribution is -0.119. The van der Waals surface area contributed by atoms with Crippen LogP contribution < -0.4 is 14.8 Å². The molecule has 0 radical (unpaired) electrons. The zero-order valence-electron chi connectivity index (χ0n) is 17.8. The summed E-state index contributed by atoms with van der Waals surface area (Å²) in [7, 11) is -2.66. The van der Waals surface area contributed by atoms with E-state index < -0.39 is 34.3 Å². The zero-order chi connectivity index (χ0) is 24.0. The second-order valence-corrected chi connectivity index (χ2v) is 8.54. The maximum atomic E-state index is 13.3. The lowest BCUT2D eigenvalue weighted by Crippen LogP contribution is -2.22. The molecule has 0 bridgehead atoms. The molecule has 172 valence electrons. The van der Waals surface area contributed by atoms with Gasteiger partial charge in [0.15, 0.2) is 6.61 Å². The van der Waals surface area contributed by atoms with Crippen LogP contribution in [0.1, 0.15) is 15.9 Å². The first kappa shape index (κ1) is 23.7. The number of amides is 1. The van der Waals surface area contributed by atoms with Crippen LogP contribution in [0.25, 0.3) is 0 Å². The summed E-state index contributed by atoms with van der Waals surface area (Å²) in [5.41, 5.74) is 0.474. The number of benzene rings is 3. The number of aryl methyl sites for hydroxylation is 1. The van der Waals surface area contributed by atoms with E-state index in [0.717, 1.165) is 18.2 Å². The zero-order valence-corrected chi connectivity index (χ0v) is 18.6. The maximum absolute atomic E-state index is 13.3. The van der Waals surface area contributed by atoms with E-state index in [0.29, 0.717) is 11.4 Å². The average molecular weight is 472 g/mol. The van der Waals surface area contributed by atoms with Gasteiger partial charge in [0, 0.05) is 0 Å². The summed E-state index contributed by atoms with van der Waals surface area (Å²) in [5.74, 6) is -1.64. The van der Waals surface area contributed by atoms with Crippen LogP contribution in [0.2, 0.25) is 0 Å². The van der Waals surface area contributed by atoms with Gasteiger partial charge in [-0.05, 0) is 55.0 Å². The Morgan fingerprint density at radius 3 is 2.33 bits per heavy atom. The second-order valence-electron chi connectivity index (χ2n) is 6.89. The molecule has 8 nitrogen and oxygen atoms in total. The standard InChI is InChI=1S/C23H21FN2O6S/c1-15-13-16(24)11-12-21(15)33(29,30)26-18-8-4-3-7-17(18)23(28)32-14-22(27)25-19-9-5-6-10-20(19)31-2/h3-13,26H,14H2,1-2H3,(H,25,27). The van der Waals surface area contributed by atoms with Crippen molar-refractivity contribution in [2.45, 2.75) is 11.8 Å². The van der Waals surface area contributed by atoms with Crippen LogP contribution in [0.4, 0.5) is 15.8 Å². The number of esters is 1. The molecule has 0 heterocycles. The van der Waals surface area contributed by atoms with Gasteiger partial charge in [-0.2, -0.15) is 0 Å². The van der Waals surface area contributed by atoms with Crippen molar-refractivity contribution in [2.75, 3.05) is 23.8 Å². The van der Waals surface area contributed by atoms with E-state index >= 15 is 0 Å². The third kappa shape index (κ3) is 5.86. The molecule has 1 amide bonds. The third-order valence-corrected chi connectivity index (χ3v) is 6.06. The molecule has 0 fully saturated rings. The van der Waals surface area contributed by atoms with Gasteiger partial charge in [-0.15, -0.1) is 0 Å². The largest absolute Gasteiger partial charge is 0.495 e. The molecule has 0 aliphatic rings. The van der Waals surface area contributed by atoms with Crippen molar-refractivity contribution < 1.29 is 31.9 Å². The van der Waals surface area contributed by atoms with Crippen LogP contribution in [0, 0.1) is 12.7 Å². The first-order valence-electron chi connectivity index (χ1n) is 9.69. The van der Waals surface area contributed by atoms with Crippen LogP contribution in [0.15, 0.2) is 71.6 Å². The Labute approximate surface area is 190 Å². The van der Waals surface area contributed by atoms with Gasteiger partial charge >= 0.3 is 5.97 Å². The van der Waals surface area contributed by atoms with Gasteiger partial charge in [-0.1, -0.05) is 24.3 Å². The molecule has 0 aromatic heterocycles. The number of nitrogens with one attached hydrogen (secondary N) is 2. The quantitative estimate of drug-likeness (QED) is 0.483. The maximum Gasteiger partial charge on any atom is 0.340 e. The van der Waals surface area contributed by atoms with Crippen molar-refractivity contribution in [1.82, 2.24) is 0 Å². The molecule has 2 N–H and O–H groups in total. The molecule has 33 heavy (non-hydrogen) atoms. The topological polar surface area (TPSA) is 111 Å². The average Bonchev–Trinajstić information content (AvgIpc) is 2.77.